The number of benzene rings is 3. The number of methoxy groups -OCH3 is 2. The van der Waals surface area contributed by atoms with E-state index < -0.39 is 22.5 Å². The molecule has 0 aromatic heterocycles. The molecule has 0 aliphatic rings. The van der Waals surface area contributed by atoms with Gasteiger partial charge in [-0.2, -0.15) is 5.10 Å². The molecule has 0 saturated heterocycles. The standard InChI is InChI=1S/C25H26IN3O5S/c1-17-5-12-22(13-6-17)35(31,32)29(23-14-11-21(33-3)15-24(23)34-4)16-25(30)28-27-18(2)19-7-9-20(26)10-8-19/h5-15H,16H2,1-4H3,(H,28,30)/b27-18-. The number of carbonyl (C=O) groups is 1. The van der Waals surface area contributed by atoms with Crippen LogP contribution in [-0.4, -0.2) is 40.8 Å². The van der Waals surface area contributed by atoms with E-state index in [2.05, 4.69) is 33.1 Å². The summed E-state index contributed by atoms with van der Waals surface area (Å²) < 4.78 is 40.0. The Bertz CT molecular complexity index is 1320. The Morgan fingerprint density at radius 2 is 1.66 bits per heavy atom. The smallest absolute Gasteiger partial charge is 0.264 e. The largest absolute Gasteiger partial charge is 0.497 e. The van der Waals surface area contributed by atoms with Crippen LogP contribution >= 0.6 is 22.6 Å². The van der Waals surface area contributed by atoms with Gasteiger partial charge in [-0.1, -0.05) is 29.8 Å². The van der Waals surface area contributed by atoms with Crippen LogP contribution in [0.1, 0.15) is 18.1 Å². The molecule has 0 radical (unpaired) electrons. The van der Waals surface area contributed by atoms with Crippen LogP contribution in [0.4, 0.5) is 5.69 Å². The highest BCUT2D eigenvalue weighted by molar-refractivity contribution is 14.1. The van der Waals surface area contributed by atoms with Gasteiger partial charge in [0, 0.05) is 9.64 Å². The van der Waals surface area contributed by atoms with E-state index in [0.29, 0.717) is 11.5 Å². The average molecular weight is 607 g/mol. The van der Waals surface area contributed by atoms with Gasteiger partial charge in [0.25, 0.3) is 15.9 Å². The van der Waals surface area contributed by atoms with Crippen LogP contribution in [0.25, 0.3) is 0 Å². The lowest BCUT2D eigenvalue weighted by Crippen LogP contribution is -2.40. The maximum Gasteiger partial charge on any atom is 0.264 e. The number of nitrogens with one attached hydrogen (secondary N) is 1. The monoisotopic (exact) mass is 607 g/mol. The van der Waals surface area contributed by atoms with Crippen LogP contribution in [0.15, 0.2) is 76.7 Å². The summed E-state index contributed by atoms with van der Waals surface area (Å²) in [5.41, 5.74) is 5.00. The van der Waals surface area contributed by atoms with E-state index in [1.54, 1.807) is 31.2 Å². The quantitative estimate of drug-likeness (QED) is 0.222. The number of nitrogens with zero attached hydrogens (tertiary/aromatic N) is 2. The van der Waals surface area contributed by atoms with Crippen molar-refractivity contribution in [1.82, 2.24) is 5.43 Å². The van der Waals surface area contributed by atoms with Crippen LogP contribution in [0, 0.1) is 10.5 Å². The van der Waals surface area contributed by atoms with Gasteiger partial charge in [-0.15, -0.1) is 0 Å². The highest BCUT2D eigenvalue weighted by Crippen LogP contribution is 2.35. The van der Waals surface area contributed by atoms with Crippen molar-refractivity contribution in [3.8, 4) is 11.5 Å². The number of ether oxygens (including phenoxy) is 2. The molecule has 3 aromatic rings. The van der Waals surface area contributed by atoms with E-state index >= 15 is 0 Å². The molecule has 8 nitrogen and oxygen atoms in total. The van der Waals surface area contributed by atoms with Crippen molar-refractivity contribution in [1.29, 1.82) is 0 Å². The number of amides is 1. The van der Waals surface area contributed by atoms with Crippen LogP contribution in [0.2, 0.25) is 0 Å². The number of anilines is 1. The summed E-state index contributed by atoms with van der Waals surface area (Å²) in [6.07, 6.45) is 0. The third-order valence-corrected chi connectivity index (χ3v) is 7.66. The highest BCUT2D eigenvalue weighted by Gasteiger charge is 2.29. The van der Waals surface area contributed by atoms with Gasteiger partial charge < -0.3 is 9.47 Å². The molecule has 184 valence electrons. The predicted molar refractivity (Wildman–Crippen MR) is 145 cm³/mol. The van der Waals surface area contributed by atoms with Crippen molar-refractivity contribution < 1.29 is 22.7 Å². The maximum absolute atomic E-state index is 13.6. The second kappa shape index (κ2) is 11.5. The van der Waals surface area contributed by atoms with Gasteiger partial charge in [-0.3, -0.25) is 9.10 Å². The number of rotatable bonds is 9. The van der Waals surface area contributed by atoms with Crippen LogP contribution in [-0.2, 0) is 14.8 Å². The van der Waals surface area contributed by atoms with E-state index in [1.165, 1.54) is 32.4 Å². The molecule has 10 heteroatoms. The Morgan fingerprint density at radius 1 is 1.00 bits per heavy atom. The normalized spacial score (nSPS) is 11.6. The molecule has 0 aliphatic carbocycles. The molecule has 0 fully saturated rings. The Labute approximate surface area is 219 Å². The van der Waals surface area contributed by atoms with Gasteiger partial charge in [-0.25, -0.2) is 13.8 Å². The fraction of sp³-hybridized carbons (Fsp3) is 0.200. The van der Waals surface area contributed by atoms with E-state index in [1.807, 2.05) is 31.2 Å². The molecule has 0 aliphatic heterocycles. The Balaban J connectivity index is 1.95. The topological polar surface area (TPSA) is 97.3 Å². The summed E-state index contributed by atoms with van der Waals surface area (Å²) in [7, 11) is -1.19. The molecule has 0 unspecified atom stereocenters. The number of hydrazone groups is 1. The average Bonchev–Trinajstić information content (AvgIpc) is 2.86. The van der Waals surface area contributed by atoms with Crippen molar-refractivity contribution >= 4 is 49.9 Å². The van der Waals surface area contributed by atoms with Gasteiger partial charge in [0.15, 0.2) is 0 Å². The first-order valence-electron chi connectivity index (χ1n) is 10.6. The van der Waals surface area contributed by atoms with Crippen molar-refractivity contribution in [3.63, 3.8) is 0 Å². The number of aryl methyl sites for hydroxylation is 1. The van der Waals surface area contributed by atoms with Gasteiger partial charge in [0.2, 0.25) is 0 Å². The zero-order valence-electron chi connectivity index (χ0n) is 19.8. The van der Waals surface area contributed by atoms with Gasteiger partial charge in [0.05, 0.1) is 30.5 Å². The Kier molecular flexibility index (Phi) is 8.73. The number of hydrogen-bond acceptors (Lipinski definition) is 6. The first-order chi connectivity index (χ1) is 16.6. The summed E-state index contributed by atoms with van der Waals surface area (Å²) in [5.74, 6) is 0.121. The van der Waals surface area contributed by atoms with Crippen molar-refractivity contribution in [3.05, 3.63) is 81.4 Å². The van der Waals surface area contributed by atoms with E-state index in [9.17, 15) is 13.2 Å². The van der Waals surface area contributed by atoms with Gasteiger partial charge >= 0.3 is 0 Å². The zero-order chi connectivity index (χ0) is 25.6. The fourth-order valence-electron chi connectivity index (χ4n) is 3.20. The van der Waals surface area contributed by atoms with Crippen LogP contribution in [0.5, 0.6) is 11.5 Å². The minimum Gasteiger partial charge on any atom is -0.497 e. The maximum atomic E-state index is 13.6. The minimum atomic E-state index is -4.11. The number of sulfonamides is 1. The van der Waals surface area contributed by atoms with E-state index in [-0.39, 0.29) is 16.3 Å². The lowest BCUT2D eigenvalue weighted by molar-refractivity contribution is -0.119. The molecule has 0 atom stereocenters. The first kappa shape index (κ1) is 26.5. The highest BCUT2D eigenvalue weighted by atomic mass is 127. The molecule has 1 amide bonds. The molecular formula is C25H26IN3O5S. The minimum absolute atomic E-state index is 0.0485. The summed E-state index contributed by atoms with van der Waals surface area (Å²) in [4.78, 5) is 12.9. The van der Waals surface area contributed by atoms with E-state index in [4.69, 9.17) is 9.47 Å². The van der Waals surface area contributed by atoms with E-state index in [0.717, 1.165) is 19.0 Å². The summed E-state index contributed by atoms with van der Waals surface area (Å²) in [6.45, 7) is 3.11. The second-order valence-corrected chi connectivity index (χ2v) is 10.7. The van der Waals surface area contributed by atoms with Crippen LogP contribution in [0.3, 0.4) is 0 Å². The molecule has 35 heavy (non-hydrogen) atoms. The molecule has 3 aromatic carbocycles. The predicted octanol–water partition coefficient (Wildman–Crippen LogP) is 4.35. The lowest BCUT2D eigenvalue weighted by Gasteiger charge is -2.25. The van der Waals surface area contributed by atoms with Crippen molar-refractivity contribution in [2.45, 2.75) is 18.7 Å². The molecule has 0 bridgehead atoms. The lowest BCUT2D eigenvalue weighted by atomic mass is 10.1. The summed E-state index contributed by atoms with van der Waals surface area (Å²) in [6, 6.07) is 18.8. The zero-order valence-corrected chi connectivity index (χ0v) is 22.8. The fourth-order valence-corrected chi connectivity index (χ4v) is 4.99. The van der Waals surface area contributed by atoms with Crippen molar-refractivity contribution in [2.24, 2.45) is 5.10 Å². The third-order valence-electron chi connectivity index (χ3n) is 5.16. The van der Waals surface area contributed by atoms with Gasteiger partial charge in [0.1, 0.15) is 18.0 Å². The summed E-state index contributed by atoms with van der Waals surface area (Å²) >= 11 is 2.20. The number of hydrogen-bond donors (Lipinski definition) is 1. The van der Waals surface area contributed by atoms with Crippen molar-refractivity contribution in [2.75, 3.05) is 25.1 Å². The molecule has 3 rings (SSSR count). The van der Waals surface area contributed by atoms with Crippen LogP contribution < -0.4 is 19.2 Å². The Hall–Kier alpha value is -3.12. The molecule has 0 heterocycles. The third kappa shape index (κ3) is 6.51. The molecule has 0 saturated carbocycles. The SMILES string of the molecule is COc1ccc(N(CC(=O)N/N=C(/C)c2ccc(I)cc2)S(=O)(=O)c2ccc(C)cc2)c(OC)c1. The first-order valence-corrected chi connectivity index (χ1v) is 13.1. The second-order valence-electron chi connectivity index (χ2n) is 7.60. The number of halogens is 1. The molecular weight excluding hydrogens is 581 g/mol. The molecule has 0 spiro atoms. The van der Waals surface area contributed by atoms with Gasteiger partial charge in [-0.05, 0) is 78.4 Å². The molecule has 1 N–H and O–H groups in total. The summed E-state index contributed by atoms with van der Waals surface area (Å²) in [5, 5.41) is 4.15. The Morgan fingerprint density at radius 3 is 2.26 bits per heavy atom. The number of carbonyl (C=O) groups excluding carboxylic acids is 1.